The molecule has 1 aliphatic rings. The van der Waals surface area contributed by atoms with Gasteiger partial charge >= 0.3 is 0 Å². The van der Waals surface area contributed by atoms with Crippen LogP contribution < -0.4 is 11.1 Å². The van der Waals surface area contributed by atoms with Crippen molar-refractivity contribution in [3.8, 4) is 0 Å². The van der Waals surface area contributed by atoms with Gasteiger partial charge < -0.3 is 11.1 Å². The van der Waals surface area contributed by atoms with Gasteiger partial charge in [0.25, 0.3) is 0 Å². The van der Waals surface area contributed by atoms with Crippen LogP contribution in [-0.2, 0) is 4.79 Å². The van der Waals surface area contributed by atoms with Crippen molar-refractivity contribution in [1.82, 2.24) is 10.2 Å². The molecule has 0 aliphatic carbocycles. The highest BCUT2D eigenvalue weighted by atomic mass is 16.2. The van der Waals surface area contributed by atoms with Gasteiger partial charge in [0.1, 0.15) is 0 Å². The van der Waals surface area contributed by atoms with E-state index in [2.05, 4.69) is 31.0 Å². The Bertz CT molecular complexity index is 268. The van der Waals surface area contributed by atoms with Crippen LogP contribution in [0.2, 0.25) is 0 Å². The Morgan fingerprint density at radius 1 is 1.44 bits per heavy atom. The van der Waals surface area contributed by atoms with Crippen molar-refractivity contribution in [2.24, 2.45) is 17.6 Å². The standard InChI is InChI=1S/C14H29N3O/c1-10(2)5-7-16-14(18)12(4)17-8-6-13(15)11(3)9-17/h10-13H,5-9,15H2,1-4H3,(H,16,18). The molecule has 1 amide bonds. The van der Waals surface area contributed by atoms with Crippen molar-refractivity contribution in [2.45, 2.75) is 52.6 Å². The molecule has 0 aromatic rings. The zero-order chi connectivity index (χ0) is 13.7. The highest BCUT2D eigenvalue weighted by molar-refractivity contribution is 5.81. The lowest BCUT2D eigenvalue weighted by atomic mass is 9.94. The second kappa shape index (κ2) is 7.10. The number of likely N-dealkylation sites (tertiary alicyclic amines) is 1. The number of nitrogens with one attached hydrogen (secondary N) is 1. The number of nitrogens with zero attached hydrogens (tertiary/aromatic N) is 1. The van der Waals surface area contributed by atoms with Gasteiger partial charge in [-0.2, -0.15) is 0 Å². The molecule has 1 heterocycles. The predicted octanol–water partition coefficient (Wildman–Crippen LogP) is 1.21. The minimum absolute atomic E-state index is 0.0351. The summed E-state index contributed by atoms with van der Waals surface area (Å²) >= 11 is 0. The number of hydrogen-bond acceptors (Lipinski definition) is 3. The lowest BCUT2D eigenvalue weighted by Gasteiger charge is -2.38. The van der Waals surface area contributed by atoms with Gasteiger partial charge in [-0.1, -0.05) is 20.8 Å². The summed E-state index contributed by atoms with van der Waals surface area (Å²) in [6.07, 6.45) is 2.03. The van der Waals surface area contributed by atoms with Gasteiger partial charge in [-0.25, -0.2) is 0 Å². The summed E-state index contributed by atoms with van der Waals surface area (Å²) in [5.41, 5.74) is 6.00. The number of piperidine rings is 1. The molecule has 106 valence electrons. The highest BCUT2D eigenvalue weighted by Gasteiger charge is 2.28. The third kappa shape index (κ3) is 4.58. The summed E-state index contributed by atoms with van der Waals surface area (Å²) in [5, 5.41) is 3.03. The molecule has 1 aliphatic heterocycles. The first kappa shape index (κ1) is 15.4. The molecule has 0 saturated carbocycles. The molecule has 4 nitrogen and oxygen atoms in total. The molecule has 3 N–H and O–H groups in total. The summed E-state index contributed by atoms with van der Waals surface area (Å²) in [6, 6.07) is 0.254. The summed E-state index contributed by atoms with van der Waals surface area (Å²) in [5.74, 6) is 1.26. The highest BCUT2D eigenvalue weighted by Crippen LogP contribution is 2.17. The fourth-order valence-corrected chi connectivity index (χ4v) is 2.35. The van der Waals surface area contributed by atoms with Crippen LogP contribution in [0.4, 0.5) is 0 Å². The first-order chi connectivity index (χ1) is 8.41. The van der Waals surface area contributed by atoms with Gasteiger partial charge in [-0.15, -0.1) is 0 Å². The van der Waals surface area contributed by atoms with Gasteiger partial charge in [0, 0.05) is 25.7 Å². The molecular weight excluding hydrogens is 226 g/mol. The zero-order valence-electron chi connectivity index (χ0n) is 12.3. The van der Waals surface area contributed by atoms with Crippen molar-refractivity contribution >= 4 is 5.91 Å². The van der Waals surface area contributed by atoms with E-state index in [0.29, 0.717) is 11.8 Å². The minimum atomic E-state index is -0.0351. The number of nitrogens with two attached hydrogens (primary N) is 1. The Balaban J connectivity index is 2.34. The van der Waals surface area contributed by atoms with E-state index in [1.807, 2.05) is 6.92 Å². The predicted molar refractivity (Wildman–Crippen MR) is 75.3 cm³/mol. The number of amides is 1. The van der Waals surface area contributed by atoms with E-state index in [-0.39, 0.29) is 18.0 Å². The molecule has 0 spiro atoms. The molecule has 0 bridgehead atoms. The zero-order valence-corrected chi connectivity index (χ0v) is 12.3. The molecule has 4 heteroatoms. The van der Waals surface area contributed by atoms with Crippen molar-refractivity contribution in [1.29, 1.82) is 0 Å². The molecule has 1 saturated heterocycles. The number of carbonyl (C=O) groups excluding carboxylic acids is 1. The molecule has 3 unspecified atom stereocenters. The monoisotopic (exact) mass is 255 g/mol. The van der Waals surface area contributed by atoms with Crippen molar-refractivity contribution in [3.63, 3.8) is 0 Å². The van der Waals surface area contributed by atoms with E-state index in [4.69, 9.17) is 5.73 Å². The molecule has 1 rings (SSSR count). The molecular formula is C14H29N3O. The second-order valence-corrected chi connectivity index (χ2v) is 6.07. The van der Waals surface area contributed by atoms with Gasteiger partial charge in [0.15, 0.2) is 0 Å². The van der Waals surface area contributed by atoms with Crippen LogP contribution in [0.3, 0.4) is 0 Å². The van der Waals surface area contributed by atoms with Gasteiger partial charge in [-0.3, -0.25) is 9.69 Å². The average Bonchev–Trinajstić information content (AvgIpc) is 2.31. The Hall–Kier alpha value is -0.610. The molecule has 3 atom stereocenters. The maximum atomic E-state index is 12.0. The van der Waals surface area contributed by atoms with Crippen LogP contribution in [0.5, 0.6) is 0 Å². The molecule has 1 fully saturated rings. The second-order valence-electron chi connectivity index (χ2n) is 6.07. The lowest BCUT2D eigenvalue weighted by Crippen LogP contribution is -2.53. The van der Waals surface area contributed by atoms with Gasteiger partial charge in [0.05, 0.1) is 6.04 Å². The Kier molecular flexibility index (Phi) is 6.09. The quantitative estimate of drug-likeness (QED) is 0.776. The van der Waals surface area contributed by atoms with E-state index in [0.717, 1.165) is 32.5 Å². The van der Waals surface area contributed by atoms with E-state index < -0.39 is 0 Å². The summed E-state index contributed by atoms with van der Waals surface area (Å²) < 4.78 is 0. The van der Waals surface area contributed by atoms with Crippen molar-refractivity contribution in [2.75, 3.05) is 19.6 Å². The normalized spacial score (nSPS) is 27.2. The topological polar surface area (TPSA) is 58.4 Å². The van der Waals surface area contributed by atoms with Gasteiger partial charge in [0.2, 0.25) is 5.91 Å². The maximum Gasteiger partial charge on any atom is 0.237 e. The van der Waals surface area contributed by atoms with Crippen molar-refractivity contribution < 1.29 is 4.79 Å². The Labute approximate surface area is 111 Å². The minimum Gasteiger partial charge on any atom is -0.355 e. The third-order valence-corrected chi connectivity index (χ3v) is 3.95. The Morgan fingerprint density at radius 3 is 2.67 bits per heavy atom. The number of rotatable bonds is 5. The first-order valence-electron chi connectivity index (χ1n) is 7.19. The van der Waals surface area contributed by atoms with Crippen LogP contribution in [0.15, 0.2) is 0 Å². The molecule has 0 aromatic carbocycles. The van der Waals surface area contributed by atoms with E-state index in [9.17, 15) is 4.79 Å². The van der Waals surface area contributed by atoms with E-state index >= 15 is 0 Å². The van der Waals surface area contributed by atoms with E-state index in [1.54, 1.807) is 0 Å². The van der Waals surface area contributed by atoms with Crippen LogP contribution >= 0.6 is 0 Å². The molecule has 18 heavy (non-hydrogen) atoms. The van der Waals surface area contributed by atoms with Crippen molar-refractivity contribution in [3.05, 3.63) is 0 Å². The summed E-state index contributed by atoms with van der Waals surface area (Å²) in [7, 11) is 0. The van der Waals surface area contributed by atoms with Crippen LogP contribution in [0.1, 0.15) is 40.5 Å². The lowest BCUT2D eigenvalue weighted by molar-refractivity contribution is -0.126. The summed E-state index contributed by atoms with van der Waals surface area (Å²) in [4.78, 5) is 14.3. The Morgan fingerprint density at radius 2 is 2.11 bits per heavy atom. The SMILES string of the molecule is CC(C)CCNC(=O)C(C)N1CCC(N)C(C)C1. The third-order valence-electron chi connectivity index (χ3n) is 3.95. The fraction of sp³-hybridized carbons (Fsp3) is 0.929. The molecule has 0 radical (unpaired) electrons. The molecule has 0 aromatic heterocycles. The fourth-order valence-electron chi connectivity index (χ4n) is 2.35. The maximum absolute atomic E-state index is 12.0. The number of hydrogen-bond donors (Lipinski definition) is 2. The van der Waals surface area contributed by atoms with Crippen LogP contribution in [-0.4, -0.2) is 42.5 Å². The van der Waals surface area contributed by atoms with E-state index in [1.165, 1.54) is 0 Å². The smallest absolute Gasteiger partial charge is 0.237 e. The number of carbonyl (C=O) groups is 1. The van der Waals surface area contributed by atoms with Crippen LogP contribution in [0, 0.1) is 11.8 Å². The summed E-state index contributed by atoms with van der Waals surface area (Å²) in [6.45, 7) is 11.1. The first-order valence-corrected chi connectivity index (χ1v) is 7.19. The van der Waals surface area contributed by atoms with Gasteiger partial charge in [-0.05, 0) is 31.6 Å². The average molecular weight is 255 g/mol. The largest absolute Gasteiger partial charge is 0.355 e. The van der Waals surface area contributed by atoms with Crippen LogP contribution in [0.25, 0.3) is 0 Å².